The molecule has 0 fully saturated rings. The molecular weight excluding hydrogens is 242 g/mol. The van der Waals surface area contributed by atoms with Crippen molar-refractivity contribution in [3.63, 3.8) is 0 Å². The number of hydrogen-bond acceptors (Lipinski definition) is 5. The lowest BCUT2D eigenvalue weighted by atomic mass is 10.2. The molecule has 0 atom stereocenters. The van der Waals surface area contributed by atoms with Crippen LogP contribution in [0.1, 0.15) is 33.6 Å². The highest BCUT2D eigenvalue weighted by Gasteiger charge is 2.29. The van der Waals surface area contributed by atoms with Crippen molar-refractivity contribution in [2.24, 2.45) is 0 Å². The second-order valence-electron chi connectivity index (χ2n) is 4.71. The van der Waals surface area contributed by atoms with Gasteiger partial charge in [-0.25, -0.2) is 8.42 Å². The molecule has 0 aliphatic heterocycles. The minimum absolute atomic E-state index is 0.0443. The zero-order chi connectivity index (χ0) is 13.5. The van der Waals surface area contributed by atoms with Crippen molar-refractivity contribution in [1.29, 1.82) is 0 Å². The van der Waals surface area contributed by atoms with Gasteiger partial charge in [-0.3, -0.25) is 4.79 Å². The van der Waals surface area contributed by atoms with Crippen molar-refractivity contribution in [2.75, 3.05) is 26.0 Å². The van der Waals surface area contributed by atoms with Gasteiger partial charge in [0.15, 0.2) is 9.84 Å². The molecule has 0 aliphatic carbocycles. The minimum Gasteiger partial charge on any atom is -0.465 e. The largest absolute Gasteiger partial charge is 0.465 e. The summed E-state index contributed by atoms with van der Waals surface area (Å²) in [6.07, 6.45) is 3.01. The number of hydrogen-bond donors (Lipinski definition) is 1. The van der Waals surface area contributed by atoms with Crippen LogP contribution >= 0.6 is 0 Å². The molecular formula is C11H23NO4S. The molecule has 5 nitrogen and oxygen atoms in total. The number of sulfone groups is 1. The number of carbonyl (C=O) groups excluding carboxylic acids is 1. The number of ether oxygens (including phenoxy) is 1. The van der Waals surface area contributed by atoms with Crippen LogP contribution in [0.2, 0.25) is 0 Å². The van der Waals surface area contributed by atoms with Crippen LogP contribution in [-0.4, -0.2) is 45.1 Å². The van der Waals surface area contributed by atoms with Crippen molar-refractivity contribution >= 4 is 15.8 Å². The van der Waals surface area contributed by atoms with E-state index in [9.17, 15) is 13.2 Å². The lowest BCUT2D eigenvalue weighted by molar-refractivity contribution is -0.142. The summed E-state index contributed by atoms with van der Waals surface area (Å²) in [6, 6.07) is 0. The molecule has 1 N–H and O–H groups in total. The summed E-state index contributed by atoms with van der Waals surface area (Å²) >= 11 is 0. The Bertz CT molecular complexity index is 335. The summed E-state index contributed by atoms with van der Waals surface area (Å²) in [4.78, 5) is 11.2. The number of rotatable bonds is 8. The monoisotopic (exact) mass is 265 g/mol. The Morgan fingerprint density at radius 2 is 1.94 bits per heavy atom. The Hall–Kier alpha value is -0.620. The zero-order valence-corrected chi connectivity index (χ0v) is 11.9. The standard InChI is InChI=1S/C11H23NO4S/c1-5-6-7-16-10(13)8-12-9-11(2,3)17(4,14)15/h12H,5-9H2,1-4H3. The van der Waals surface area contributed by atoms with Crippen LogP contribution in [0.4, 0.5) is 0 Å². The molecule has 0 rings (SSSR count). The minimum atomic E-state index is -3.14. The first-order valence-corrected chi connectivity index (χ1v) is 7.66. The molecule has 102 valence electrons. The van der Waals surface area contributed by atoms with Gasteiger partial charge in [0, 0.05) is 12.8 Å². The number of esters is 1. The van der Waals surface area contributed by atoms with Gasteiger partial charge in [0.05, 0.1) is 17.9 Å². The molecule has 0 aromatic carbocycles. The van der Waals surface area contributed by atoms with Crippen LogP contribution in [0.5, 0.6) is 0 Å². The van der Waals surface area contributed by atoms with Crippen molar-refractivity contribution in [2.45, 2.75) is 38.4 Å². The molecule has 0 aromatic rings. The van der Waals surface area contributed by atoms with Crippen molar-refractivity contribution in [1.82, 2.24) is 5.32 Å². The van der Waals surface area contributed by atoms with Crippen LogP contribution in [0.15, 0.2) is 0 Å². The third-order valence-corrected chi connectivity index (χ3v) is 4.74. The molecule has 0 radical (unpaired) electrons. The third-order valence-electron chi connectivity index (χ3n) is 2.58. The Kier molecular flexibility index (Phi) is 6.70. The number of nitrogens with one attached hydrogen (secondary N) is 1. The predicted molar refractivity (Wildman–Crippen MR) is 67.7 cm³/mol. The van der Waals surface area contributed by atoms with E-state index in [0.29, 0.717) is 6.61 Å². The summed E-state index contributed by atoms with van der Waals surface area (Å²) in [7, 11) is -3.14. The fraction of sp³-hybridized carbons (Fsp3) is 0.909. The van der Waals surface area contributed by atoms with Gasteiger partial charge < -0.3 is 10.1 Å². The molecule has 0 heterocycles. The lowest BCUT2D eigenvalue weighted by Gasteiger charge is -2.22. The van der Waals surface area contributed by atoms with Crippen molar-refractivity contribution in [3.05, 3.63) is 0 Å². The maximum atomic E-state index is 11.4. The van der Waals surface area contributed by atoms with E-state index in [1.807, 2.05) is 6.92 Å². The second-order valence-corrected chi connectivity index (χ2v) is 7.36. The maximum absolute atomic E-state index is 11.4. The van der Waals surface area contributed by atoms with Gasteiger partial charge in [0.25, 0.3) is 0 Å². The third kappa shape index (κ3) is 6.63. The van der Waals surface area contributed by atoms with Gasteiger partial charge in [-0.05, 0) is 20.3 Å². The molecule has 0 aromatic heterocycles. The molecule has 0 spiro atoms. The highest BCUT2D eigenvalue weighted by molar-refractivity contribution is 7.92. The first-order chi connectivity index (χ1) is 7.70. The van der Waals surface area contributed by atoms with E-state index in [1.165, 1.54) is 6.26 Å². The molecule has 0 bridgehead atoms. The highest BCUT2D eigenvalue weighted by atomic mass is 32.2. The topological polar surface area (TPSA) is 72.5 Å². The van der Waals surface area contributed by atoms with Crippen LogP contribution in [-0.2, 0) is 19.4 Å². The van der Waals surface area contributed by atoms with Gasteiger partial charge >= 0.3 is 5.97 Å². The summed E-state index contributed by atoms with van der Waals surface area (Å²) < 4.78 is 26.8. The van der Waals surface area contributed by atoms with E-state index >= 15 is 0 Å². The van der Waals surface area contributed by atoms with Gasteiger partial charge in [-0.1, -0.05) is 13.3 Å². The molecule has 0 saturated heterocycles. The van der Waals surface area contributed by atoms with Gasteiger partial charge in [-0.15, -0.1) is 0 Å². The smallest absolute Gasteiger partial charge is 0.319 e. The van der Waals surface area contributed by atoms with E-state index in [0.717, 1.165) is 12.8 Å². The Balaban J connectivity index is 3.88. The summed E-state index contributed by atoms with van der Waals surface area (Å²) in [5.41, 5.74) is 0. The van der Waals surface area contributed by atoms with Crippen LogP contribution in [0, 0.1) is 0 Å². The first kappa shape index (κ1) is 16.4. The Morgan fingerprint density at radius 1 is 1.35 bits per heavy atom. The summed E-state index contributed by atoms with van der Waals surface area (Å²) in [6.45, 7) is 5.96. The highest BCUT2D eigenvalue weighted by Crippen LogP contribution is 2.12. The SMILES string of the molecule is CCCCOC(=O)CNCC(C)(C)S(C)(=O)=O. The molecule has 0 amide bonds. The Morgan fingerprint density at radius 3 is 2.41 bits per heavy atom. The maximum Gasteiger partial charge on any atom is 0.319 e. The average Bonchev–Trinajstić information content (AvgIpc) is 2.16. The summed E-state index contributed by atoms with van der Waals surface area (Å²) in [5, 5.41) is 2.81. The molecule has 17 heavy (non-hydrogen) atoms. The van der Waals surface area contributed by atoms with Crippen LogP contribution < -0.4 is 5.32 Å². The fourth-order valence-electron chi connectivity index (χ4n) is 0.978. The van der Waals surface area contributed by atoms with E-state index in [2.05, 4.69) is 5.32 Å². The molecule has 6 heteroatoms. The summed E-state index contributed by atoms with van der Waals surface area (Å²) in [5.74, 6) is -0.345. The average molecular weight is 265 g/mol. The zero-order valence-electron chi connectivity index (χ0n) is 11.1. The fourth-order valence-corrected chi connectivity index (χ4v) is 1.34. The van der Waals surface area contributed by atoms with E-state index in [1.54, 1.807) is 13.8 Å². The van der Waals surface area contributed by atoms with E-state index in [4.69, 9.17) is 4.74 Å². The molecule has 0 saturated carbocycles. The first-order valence-electron chi connectivity index (χ1n) is 5.76. The normalized spacial score (nSPS) is 12.5. The lowest BCUT2D eigenvalue weighted by Crippen LogP contribution is -2.43. The molecule has 0 unspecified atom stereocenters. The van der Waals surface area contributed by atoms with Gasteiger partial charge in [-0.2, -0.15) is 0 Å². The van der Waals surface area contributed by atoms with Crippen LogP contribution in [0.3, 0.4) is 0 Å². The van der Waals surface area contributed by atoms with Gasteiger partial charge in [0.2, 0.25) is 0 Å². The van der Waals surface area contributed by atoms with E-state index in [-0.39, 0.29) is 19.1 Å². The van der Waals surface area contributed by atoms with Crippen molar-refractivity contribution in [3.8, 4) is 0 Å². The second kappa shape index (κ2) is 6.96. The quantitative estimate of drug-likeness (QED) is 0.518. The predicted octanol–water partition coefficient (Wildman–Crippen LogP) is 0.742. The van der Waals surface area contributed by atoms with E-state index < -0.39 is 14.6 Å². The Labute approximate surface area is 104 Å². The molecule has 0 aliphatic rings. The van der Waals surface area contributed by atoms with Crippen LogP contribution in [0.25, 0.3) is 0 Å². The van der Waals surface area contributed by atoms with Gasteiger partial charge in [0.1, 0.15) is 0 Å². The van der Waals surface area contributed by atoms with Crippen molar-refractivity contribution < 1.29 is 17.9 Å². The number of carbonyl (C=O) groups is 1. The number of unbranched alkanes of at least 4 members (excludes halogenated alkanes) is 1.